The van der Waals surface area contributed by atoms with E-state index in [1.807, 2.05) is 0 Å². The number of benzene rings is 1. The average Bonchev–Trinajstić information content (AvgIpc) is 2.88. The van der Waals surface area contributed by atoms with Crippen molar-refractivity contribution in [3.05, 3.63) is 23.8 Å². The predicted molar refractivity (Wildman–Crippen MR) is 73.4 cm³/mol. The van der Waals surface area contributed by atoms with Gasteiger partial charge in [-0.15, -0.1) is 0 Å². The van der Waals surface area contributed by atoms with Gasteiger partial charge in [-0.1, -0.05) is 6.07 Å². The van der Waals surface area contributed by atoms with Crippen molar-refractivity contribution in [1.82, 2.24) is 0 Å². The molecule has 1 aromatic rings. The highest BCUT2D eigenvalue weighted by atomic mass is 16.6. The topological polar surface area (TPSA) is 71.1 Å². The Balaban J connectivity index is 2.31. The minimum absolute atomic E-state index is 0.151. The van der Waals surface area contributed by atoms with Gasteiger partial charge in [-0.3, -0.25) is 9.59 Å². The highest BCUT2D eigenvalue weighted by Crippen LogP contribution is 2.37. The summed E-state index contributed by atoms with van der Waals surface area (Å²) in [6, 6.07) is 5.27. The van der Waals surface area contributed by atoms with Crippen LogP contribution >= 0.6 is 0 Å². The van der Waals surface area contributed by atoms with E-state index in [0.717, 1.165) is 5.56 Å². The quantitative estimate of drug-likeness (QED) is 0.606. The fourth-order valence-electron chi connectivity index (χ4n) is 2.39. The van der Waals surface area contributed by atoms with E-state index in [1.165, 1.54) is 7.11 Å². The Bertz CT molecular complexity index is 539. The maximum absolute atomic E-state index is 11.9. The van der Waals surface area contributed by atoms with Crippen LogP contribution in [-0.4, -0.2) is 39.4 Å². The minimum atomic E-state index is -0.928. The second-order valence-corrected chi connectivity index (χ2v) is 4.58. The molecule has 6 heteroatoms. The van der Waals surface area contributed by atoms with Gasteiger partial charge in [0, 0.05) is 5.92 Å². The Morgan fingerprint density at radius 1 is 1.29 bits per heavy atom. The zero-order chi connectivity index (χ0) is 15.4. The van der Waals surface area contributed by atoms with E-state index in [4.69, 9.17) is 18.9 Å². The SMILES string of the molecule is CCOC(=O)[C@H]1C(=O)OC[C@H]1c1ccc(OC)c(OC)c1. The van der Waals surface area contributed by atoms with Gasteiger partial charge in [0.2, 0.25) is 0 Å². The highest BCUT2D eigenvalue weighted by molar-refractivity contribution is 5.97. The smallest absolute Gasteiger partial charge is 0.321 e. The molecule has 1 aliphatic rings. The van der Waals surface area contributed by atoms with Crippen molar-refractivity contribution in [3.63, 3.8) is 0 Å². The molecule has 1 fully saturated rings. The molecular weight excluding hydrogens is 276 g/mol. The first-order valence-corrected chi connectivity index (χ1v) is 6.67. The van der Waals surface area contributed by atoms with E-state index in [9.17, 15) is 9.59 Å². The average molecular weight is 294 g/mol. The summed E-state index contributed by atoms with van der Waals surface area (Å²) < 4.78 is 20.4. The lowest BCUT2D eigenvalue weighted by Gasteiger charge is -2.16. The van der Waals surface area contributed by atoms with Gasteiger partial charge in [0.15, 0.2) is 17.4 Å². The monoisotopic (exact) mass is 294 g/mol. The van der Waals surface area contributed by atoms with Gasteiger partial charge in [0.05, 0.1) is 27.4 Å². The summed E-state index contributed by atoms with van der Waals surface area (Å²) in [5, 5.41) is 0. The summed E-state index contributed by atoms with van der Waals surface area (Å²) in [5.41, 5.74) is 0.775. The molecule has 0 N–H and O–H groups in total. The Kier molecular flexibility index (Phi) is 4.67. The van der Waals surface area contributed by atoms with Crippen LogP contribution in [0.1, 0.15) is 18.4 Å². The number of ether oxygens (including phenoxy) is 4. The van der Waals surface area contributed by atoms with Gasteiger partial charge in [-0.05, 0) is 24.6 Å². The minimum Gasteiger partial charge on any atom is -0.493 e. The molecule has 114 valence electrons. The van der Waals surface area contributed by atoms with Crippen LogP contribution in [-0.2, 0) is 19.1 Å². The number of carbonyl (C=O) groups is 2. The molecule has 6 nitrogen and oxygen atoms in total. The van der Waals surface area contributed by atoms with E-state index in [-0.39, 0.29) is 19.1 Å². The largest absolute Gasteiger partial charge is 0.493 e. The first-order chi connectivity index (χ1) is 10.1. The molecular formula is C15H18O6. The zero-order valence-corrected chi connectivity index (χ0v) is 12.3. The molecule has 0 unspecified atom stereocenters. The Hall–Kier alpha value is -2.24. The van der Waals surface area contributed by atoms with Gasteiger partial charge in [-0.25, -0.2) is 0 Å². The molecule has 1 aromatic carbocycles. The Labute approximate surface area is 122 Å². The van der Waals surface area contributed by atoms with Crippen molar-refractivity contribution in [2.75, 3.05) is 27.4 Å². The predicted octanol–water partition coefficient (Wildman–Crippen LogP) is 1.52. The van der Waals surface area contributed by atoms with E-state index in [2.05, 4.69) is 0 Å². The van der Waals surface area contributed by atoms with Gasteiger partial charge in [0.1, 0.15) is 0 Å². The second kappa shape index (κ2) is 6.47. The highest BCUT2D eigenvalue weighted by Gasteiger charge is 2.44. The number of hydrogen-bond acceptors (Lipinski definition) is 6. The van der Waals surface area contributed by atoms with Crippen LogP contribution in [0.3, 0.4) is 0 Å². The number of methoxy groups -OCH3 is 2. The van der Waals surface area contributed by atoms with Crippen molar-refractivity contribution >= 4 is 11.9 Å². The fourth-order valence-corrected chi connectivity index (χ4v) is 2.39. The molecule has 1 heterocycles. The molecule has 0 amide bonds. The third-order valence-electron chi connectivity index (χ3n) is 3.44. The van der Waals surface area contributed by atoms with Gasteiger partial charge in [-0.2, -0.15) is 0 Å². The summed E-state index contributed by atoms with van der Waals surface area (Å²) in [6.07, 6.45) is 0. The van der Waals surface area contributed by atoms with E-state index in [1.54, 1.807) is 32.2 Å². The maximum Gasteiger partial charge on any atom is 0.321 e. The molecule has 2 atom stereocenters. The molecule has 0 bridgehead atoms. The maximum atomic E-state index is 11.9. The molecule has 1 aliphatic heterocycles. The summed E-state index contributed by atoms with van der Waals surface area (Å²) in [4.78, 5) is 23.7. The first kappa shape index (κ1) is 15.2. The van der Waals surface area contributed by atoms with Crippen molar-refractivity contribution in [3.8, 4) is 11.5 Å². The van der Waals surface area contributed by atoms with Gasteiger partial charge in [0.25, 0.3) is 0 Å². The van der Waals surface area contributed by atoms with Crippen LogP contribution in [0.5, 0.6) is 11.5 Å². The van der Waals surface area contributed by atoms with Gasteiger partial charge < -0.3 is 18.9 Å². The lowest BCUT2D eigenvalue weighted by atomic mass is 9.88. The van der Waals surface area contributed by atoms with Crippen LogP contribution in [0, 0.1) is 5.92 Å². The Morgan fingerprint density at radius 2 is 2.00 bits per heavy atom. The number of cyclic esters (lactones) is 1. The second-order valence-electron chi connectivity index (χ2n) is 4.58. The Morgan fingerprint density at radius 3 is 2.62 bits per heavy atom. The van der Waals surface area contributed by atoms with E-state index in [0.29, 0.717) is 11.5 Å². The third-order valence-corrected chi connectivity index (χ3v) is 3.44. The summed E-state index contributed by atoms with van der Waals surface area (Å²) in [6.45, 7) is 2.07. The molecule has 21 heavy (non-hydrogen) atoms. The van der Waals surface area contributed by atoms with Crippen LogP contribution in [0.4, 0.5) is 0 Å². The molecule has 2 rings (SSSR count). The molecule has 0 radical (unpaired) electrons. The fraction of sp³-hybridized carbons (Fsp3) is 0.467. The summed E-state index contributed by atoms with van der Waals surface area (Å²) >= 11 is 0. The van der Waals surface area contributed by atoms with Crippen molar-refractivity contribution in [2.24, 2.45) is 5.92 Å². The summed E-state index contributed by atoms with van der Waals surface area (Å²) in [5.74, 6) is -1.29. The number of esters is 2. The van der Waals surface area contributed by atoms with Crippen molar-refractivity contribution in [1.29, 1.82) is 0 Å². The standard InChI is InChI=1S/C15H18O6/c1-4-20-14(16)13-10(8-21-15(13)17)9-5-6-11(18-2)12(7-9)19-3/h5-7,10,13H,4,8H2,1-3H3/t10-,13-/m0/s1. The van der Waals surface area contributed by atoms with E-state index >= 15 is 0 Å². The van der Waals surface area contributed by atoms with Crippen LogP contribution in [0.25, 0.3) is 0 Å². The molecule has 1 saturated heterocycles. The van der Waals surface area contributed by atoms with Crippen molar-refractivity contribution < 1.29 is 28.5 Å². The normalized spacial score (nSPS) is 20.8. The van der Waals surface area contributed by atoms with Crippen LogP contribution in [0.2, 0.25) is 0 Å². The lowest BCUT2D eigenvalue weighted by molar-refractivity contribution is -0.155. The number of hydrogen-bond donors (Lipinski definition) is 0. The van der Waals surface area contributed by atoms with Crippen molar-refractivity contribution in [2.45, 2.75) is 12.8 Å². The third kappa shape index (κ3) is 2.94. The summed E-state index contributed by atoms with van der Waals surface area (Å²) in [7, 11) is 3.07. The first-order valence-electron chi connectivity index (χ1n) is 6.67. The zero-order valence-electron chi connectivity index (χ0n) is 12.3. The number of carbonyl (C=O) groups excluding carboxylic acids is 2. The van der Waals surface area contributed by atoms with Crippen LogP contribution < -0.4 is 9.47 Å². The number of rotatable bonds is 5. The lowest BCUT2D eigenvalue weighted by Crippen LogP contribution is -2.26. The van der Waals surface area contributed by atoms with Gasteiger partial charge >= 0.3 is 11.9 Å². The molecule has 0 saturated carbocycles. The molecule has 0 spiro atoms. The van der Waals surface area contributed by atoms with Crippen LogP contribution in [0.15, 0.2) is 18.2 Å². The van der Waals surface area contributed by atoms with E-state index < -0.39 is 17.9 Å². The molecule has 0 aliphatic carbocycles. The molecule has 0 aromatic heterocycles.